The third-order valence-corrected chi connectivity index (χ3v) is 4.70. The van der Waals surface area contributed by atoms with Crippen molar-refractivity contribution >= 4 is 23.1 Å². The molecule has 0 unspecified atom stereocenters. The highest BCUT2D eigenvalue weighted by Gasteiger charge is 2.11. The number of aromatic nitrogens is 2. The van der Waals surface area contributed by atoms with Crippen LogP contribution in [0.25, 0.3) is 0 Å². The number of nitrogens with one attached hydrogen (secondary N) is 1. The van der Waals surface area contributed by atoms with Gasteiger partial charge in [-0.05, 0) is 42.8 Å². The molecular formula is C19H21FN4O2S. The van der Waals surface area contributed by atoms with Crippen LogP contribution in [0.1, 0.15) is 4.88 Å². The van der Waals surface area contributed by atoms with Gasteiger partial charge in [-0.1, -0.05) is 6.07 Å². The lowest BCUT2D eigenvalue weighted by Gasteiger charge is -2.17. The highest BCUT2D eigenvalue weighted by molar-refractivity contribution is 7.09. The highest BCUT2D eigenvalue weighted by Crippen LogP contribution is 2.14. The molecule has 0 saturated carbocycles. The minimum atomic E-state index is -0.297. The second-order valence-corrected chi connectivity index (χ2v) is 7.07. The normalized spacial score (nSPS) is 10.9. The molecule has 3 aromatic rings. The molecule has 1 amide bonds. The summed E-state index contributed by atoms with van der Waals surface area (Å²) in [4.78, 5) is 15.3. The fourth-order valence-corrected chi connectivity index (χ4v) is 3.16. The zero-order valence-electron chi connectivity index (χ0n) is 15.0. The third kappa shape index (κ3) is 5.90. The fraction of sp³-hybridized carbons (Fsp3) is 0.263. The molecule has 3 rings (SSSR count). The summed E-state index contributed by atoms with van der Waals surface area (Å²) in [6, 6.07) is 11.7. The minimum Gasteiger partial charge on any atom is -0.492 e. The van der Waals surface area contributed by atoms with Crippen LogP contribution in [0.3, 0.4) is 0 Å². The first-order chi connectivity index (χ1) is 13.1. The van der Waals surface area contributed by atoms with Gasteiger partial charge in [0.15, 0.2) is 0 Å². The Labute approximate surface area is 161 Å². The third-order valence-electron chi connectivity index (χ3n) is 3.84. The number of nitrogens with zero attached hydrogens (tertiary/aromatic N) is 3. The topological polar surface area (TPSA) is 59.4 Å². The van der Waals surface area contributed by atoms with Crippen molar-refractivity contribution in [2.24, 2.45) is 0 Å². The molecule has 1 N–H and O–H groups in total. The smallest absolute Gasteiger partial charge is 0.239 e. The van der Waals surface area contributed by atoms with Crippen LogP contribution >= 0.6 is 11.3 Å². The van der Waals surface area contributed by atoms with Gasteiger partial charge in [-0.2, -0.15) is 5.10 Å². The van der Waals surface area contributed by atoms with E-state index in [9.17, 15) is 9.18 Å². The molecule has 8 heteroatoms. The van der Waals surface area contributed by atoms with Crippen LogP contribution in [0.4, 0.5) is 10.2 Å². The number of benzene rings is 1. The van der Waals surface area contributed by atoms with E-state index in [0.717, 1.165) is 0 Å². The Bertz CT molecular complexity index is 849. The number of anilines is 1. The quantitative estimate of drug-likeness (QED) is 0.612. The molecule has 0 aliphatic carbocycles. The number of amides is 1. The van der Waals surface area contributed by atoms with Gasteiger partial charge in [0.25, 0.3) is 0 Å². The number of hydrogen-bond donors (Lipinski definition) is 1. The fourth-order valence-electron chi connectivity index (χ4n) is 2.47. The maximum Gasteiger partial charge on any atom is 0.239 e. The van der Waals surface area contributed by atoms with Gasteiger partial charge in [0.1, 0.15) is 24.0 Å². The van der Waals surface area contributed by atoms with E-state index >= 15 is 0 Å². The zero-order valence-corrected chi connectivity index (χ0v) is 15.8. The SMILES string of the molecule is CN(CCOc1ccc(F)cc1)CC(=O)Nc1ccnn1Cc1cccs1. The summed E-state index contributed by atoms with van der Waals surface area (Å²) in [6.07, 6.45) is 1.67. The molecule has 0 aliphatic heterocycles. The molecule has 1 aromatic carbocycles. The van der Waals surface area contributed by atoms with Crippen LogP contribution in [0.2, 0.25) is 0 Å². The van der Waals surface area contributed by atoms with Crippen LogP contribution in [0, 0.1) is 5.82 Å². The van der Waals surface area contributed by atoms with Crippen LogP contribution in [-0.4, -0.2) is 47.3 Å². The number of carbonyl (C=O) groups is 1. The maximum atomic E-state index is 12.9. The van der Waals surface area contributed by atoms with Crippen molar-refractivity contribution in [3.05, 3.63) is 64.7 Å². The predicted octanol–water partition coefficient (Wildman–Crippen LogP) is 3.08. The number of rotatable bonds is 9. The van der Waals surface area contributed by atoms with Crippen LogP contribution in [0.5, 0.6) is 5.75 Å². The Hall–Kier alpha value is -2.71. The number of halogens is 1. The lowest BCUT2D eigenvalue weighted by Crippen LogP contribution is -2.33. The molecule has 2 aromatic heterocycles. The molecule has 0 spiro atoms. The highest BCUT2D eigenvalue weighted by atomic mass is 32.1. The van der Waals surface area contributed by atoms with Crippen molar-refractivity contribution in [1.29, 1.82) is 0 Å². The Morgan fingerprint density at radius 3 is 2.85 bits per heavy atom. The van der Waals surface area contributed by atoms with Gasteiger partial charge in [0.2, 0.25) is 5.91 Å². The molecule has 2 heterocycles. The summed E-state index contributed by atoms with van der Waals surface area (Å²) in [6.45, 7) is 1.84. The second-order valence-electron chi connectivity index (χ2n) is 6.04. The van der Waals surface area contributed by atoms with E-state index in [0.29, 0.717) is 31.3 Å². The van der Waals surface area contributed by atoms with Gasteiger partial charge in [0, 0.05) is 17.5 Å². The van der Waals surface area contributed by atoms with Crippen molar-refractivity contribution in [3.63, 3.8) is 0 Å². The van der Waals surface area contributed by atoms with Gasteiger partial charge in [-0.25, -0.2) is 9.07 Å². The van der Waals surface area contributed by atoms with Gasteiger partial charge in [-0.3, -0.25) is 9.69 Å². The van der Waals surface area contributed by atoms with Crippen molar-refractivity contribution in [1.82, 2.24) is 14.7 Å². The summed E-state index contributed by atoms with van der Waals surface area (Å²) < 4.78 is 20.2. The molecule has 0 bridgehead atoms. The summed E-state index contributed by atoms with van der Waals surface area (Å²) in [5.41, 5.74) is 0. The Morgan fingerprint density at radius 2 is 2.11 bits per heavy atom. The van der Waals surface area contributed by atoms with Crippen molar-refractivity contribution < 1.29 is 13.9 Å². The van der Waals surface area contributed by atoms with Gasteiger partial charge in [-0.15, -0.1) is 11.3 Å². The van der Waals surface area contributed by atoms with E-state index < -0.39 is 0 Å². The standard InChI is InChI=1S/C19H21FN4O2S/c1-23(10-11-26-16-6-4-15(20)5-7-16)14-19(25)22-18-8-9-21-24(18)13-17-3-2-12-27-17/h2-9,12H,10-11,13-14H2,1H3,(H,22,25). The Kier molecular flexibility index (Phi) is 6.56. The number of thiophene rings is 1. The average Bonchev–Trinajstić information content (AvgIpc) is 3.29. The summed E-state index contributed by atoms with van der Waals surface area (Å²) in [7, 11) is 1.84. The molecule has 0 radical (unpaired) electrons. The Morgan fingerprint density at radius 1 is 1.30 bits per heavy atom. The lowest BCUT2D eigenvalue weighted by molar-refractivity contribution is -0.117. The molecule has 0 aliphatic rings. The molecule has 27 heavy (non-hydrogen) atoms. The van der Waals surface area contributed by atoms with Crippen molar-refractivity contribution in [2.75, 3.05) is 32.1 Å². The molecule has 142 valence electrons. The van der Waals surface area contributed by atoms with Crippen molar-refractivity contribution in [3.8, 4) is 5.75 Å². The van der Waals surface area contributed by atoms with E-state index in [-0.39, 0.29) is 18.3 Å². The van der Waals surface area contributed by atoms with E-state index in [1.807, 2.05) is 29.5 Å². The largest absolute Gasteiger partial charge is 0.492 e. The summed E-state index contributed by atoms with van der Waals surface area (Å²) in [5, 5.41) is 9.17. The molecule has 6 nitrogen and oxygen atoms in total. The summed E-state index contributed by atoms with van der Waals surface area (Å²) >= 11 is 1.65. The van der Waals surface area contributed by atoms with Gasteiger partial charge >= 0.3 is 0 Å². The minimum absolute atomic E-state index is 0.118. The number of carbonyl (C=O) groups excluding carboxylic acids is 1. The molecular weight excluding hydrogens is 367 g/mol. The van der Waals surface area contributed by atoms with E-state index in [1.54, 1.807) is 40.4 Å². The molecule has 0 fully saturated rings. The Balaban J connectivity index is 1.42. The van der Waals surface area contributed by atoms with Crippen LogP contribution in [0.15, 0.2) is 54.0 Å². The predicted molar refractivity (Wildman–Crippen MR) is 104 cm³/mol. The van der Waals surface area contributed by atoms with E-state index in [4.69, 9.17) is 4.74 Å². The lowest BCUT2D eigenvalue weighted by atomic mass is 10.3. The monoisotopic (exact) mass is 388 g/mol. The first-order valence-corrected chi connectivity index (χ1v) is 9.39. The number of ether oxygens (including phenoxy) is 1. The maximum absolute atomic E-state index is 12.9. The zero-order chi connectivity index (χ0) is 19.1. The number of likely N-dealkylation sites (N-methyl/N-ethyl adjacent to an activating group) is 1. The van der Waals surface area contributed by atoms with Crippen molar-refractivity contribution in [2.45, 2.75) is 6.54 Å². The van der Waals surface area contributed by atoms with Crippen LogP contribution in [-0.2, 0) is 11.3 Å². The first-order valence-electron chi connectivity index (χ1n) is 8.51. The molecule has 0 saturated heterocycles. The van der Waals surface area contributed by atoms with Gasteiger partial charge in [0.05, 0.1) is 19.3 Å². The summed E-state index contributed by atoms with van der Waals surface area (Å²) in [5.74, 6) is 0.859. The number of hydrogen-bond acceptors (Lipinski definition) is 5. The van der Waals surface area contributed by atoms with E-state index in [2.05, 4.69) is 10.4 Å². The van der Waals surface area contributed by atoms with Gasteiger partial charge < -0.3 is 10.1 Å². The van der Waals surface area contributed by atoms with Crippen LogP contribution < -0.4 is 10.1 Å². The van der Waals surface area contributed by atoms with E-state index in [1.165, 1.54) is 17.0 Å². The first kappa shape index (κ1) is 19.1. The average molecular weight is 388 g/mol. The molecule has 0 atom stereocenters. The second kappa shape index (κ2) is 9.29.